The molecule has 2 rings (SSSR count). The van der Waals surface area contributed by atoms with Crippen molar-refractivity contribution >= 4 is 28.9 Å². The molecule has 0 spiro atoms. The zero-order valence-electron chi connectivity index (χ0n) is 12.4. The number of anilines is 1. The first kappa shape index (κ1) is 15.5. The van der Waals surface area contributed by atoms with Crippen molar-refractivity contribution in [3.8, 4) is 0 Å². The second kappa shape index (κ2) is 5.83. The fourth-order valence-electron chi connectivity index (χ4n) is 2.22. The molecule has 3 heteroatoms. The lowest BCUT2D eigenvalue weighted by atomic mass is 9.87. The highest BCUT2D eigenvalue weighted by molar-refractivity contribution is 6.38. The lowest BCUT2D eigenvalue weighted by Crippen LogP contribution is -2.13. The minimum absolute atomic E-state index is 0.127. The Labute approximate surface area is 131 Å². The molecule has 0 saturated carbocycles. The van der Waals surface area contributed by atoms with E-state index in [1.165, 1.54) is 11.1 Å². The van der Waals surface area contributed by atoms with E-state index in [-0.39, 0.29) is 10.8 Å². The standard InChI is InChI=1S/C17H21Cl2N/c1-11-9-14(18)16(19)15(10-11)20-13-7-5-12(6-8-13)17(2,3)4/h5-8,10,14,20H,9H2,1-4H3. The van der Waals surface area contributed by atoms with Gasteiger partial charge < -0.3 is 5.32 Å². The summed E-state index contributed by atoms with van der Waals surface area (Å²) in [5, 5.41) is 3.92. The van der Waals surface area contributed by atoms with Gasteiger partial charge in [-0.15, -0.1) is 11.6 Å². The molecule has 1 atom stereocenters. The first-order chi connectivity index (χ1) is 9.27. The third kappa shape index (κ3) is 3.59. The molecule has 0 bridgehead atoms. The van der Waals surface area contributed by atoms with E-state index in [4.69, 9.17) is 23.2 Å². The van der Waals surface area contributed by atoms with Crippen molar-refractivity contribution < 1.29 is 0 Å². The van der Waals surface area contributed by atoms with Gasteiger partial charge in [0.15, 0.2) is 0 Å². The maximum absolute atomic E-state index is 6.29. The van der Waals surface area contributed by atoms with Crippen LogP contribution in [0.2, 0.25) is 0 Å². The Balaban J connectivity index is 2.20. The van der Waals surface area contributed by atoms with Crippen molar-refractivity contribution in [1.82, 2.24) is 0 Å². The van der Waals surface area contributed by atoms with Crippen molar-refractivity contribution in [2.24, 2.45) is 0 Å². The monoisotopic (exact) mass is 309 g/mol. The summed E-state index contributed by atoms with van der Waals surface area (Å²) < 4.78 is 0. The maximum atomic E-state index is 6.29. The van der Waals surface area contributed by atoms with Crippen molar-refractivity contribution in [2.75, 3.05) is 5.32 Å². The average Bonchev–Trinajstić information content (AvgIpc) is 2.35. The quantitative estimate of drug-likeness (QED) is 0.680. The lowest BCUT2D eigenvalue weighted by molar-refractivity contribution is 0.590. The van der Waals surface area contributed by atoms with E-state index in [0.29, 0.717) is 5.03 Å². The minimum atomic E-state index is -0.127. The van der Waals surface area contributed by atoms with Crippen LogP contribution in [-0.4, -0.2) is 5.38 Å². The first-order valence-corrected chi connectivity index (χ1v) is 7.67. The van der Waals surface area contributed by atoms with Crippen LogP contribution in [0.5, 0.6) is 0 Å². The van der Waals surface area contributed by atoms with Crippen LogP contribution in [0.4, 0.5) is 5.69 Å². The van der Waals surface area contributed by atoms with Crippen LogP contribution in [0.3, 0.4) is 0 Å². The summed E-state index contributed by atoms with van der Waals surface area (Å²) >= 11 is 12.5. The van der Waals surface area contributed by atoms with Gasteiger partial charge in [-0.05, 0) is 42.5 Å². The Morgan fingerprint density at radius 2 is 1.75 bits per heavy atom. The van der Waals surface area contributed by atoms with Gasteiger partial charge in [0, 0.05) is 5.69 Å². The highest BCUT2D eigenvalue weighted by atomic mass is 35.5. The summed E-state index contributed by atoms with van der Waals surface area (Å²) in [6.45, 7) is 8.70. The van der Waals surface area contributed by atoms with Gasteiger partial charge in [-0.25, -0.2) is 0 Å². The van der Waals surface area contributed by atoms with Gasteiger partial charge in [0.1, 0.15) is 0 Å². The second-order valence-corrected chi connectivity index (χ2v) is 7.31. The number of halogens is 2. The van der Waals surface area contributed by atoms with Gasteiger partial charge >= 0.3 is 0 Å². The van der Waals surface area contributed by atoms with Gasteiger partial charge in [-0.1, -0.05) is 50.1 Å². The van der Waals surface area contributed by atoms with E-state index < -0.39 is 0 Å². The molecule has 0 radical (unpaired) electrons. The Bertz CT molecular complexity index is 547. The molecule has 0 aliphatic heterocycles. The smallest absolute Gasteiger partial charge is 0.0750 e. The molecule has 0 saturated heterocycles. The van der Waals surface area contributed by atoms with E-state index in [9.17, 15) is 0 Å². The lowest BCUT2D eigenvalue weighted by Gasteiger charge is -2.22. The van der Waals surface area contributed by atoms with Gasteiger partial charge in [0.05, 0.1) is 16.1 Å². The summed E-state index contributed by atoms with van der Waals surface area (Å²) in [7, 11) is 0. The number of hydrogen-bond donors (Lipinski definition) is 1. The summed E-state index contributed by atoms with van der Waals surface area (Å²) in [5.41, 5.74) is 4.65. The predicted octanol–water partition coefficient (Wildman–Crippen LogP) is 5.80. The SMILES string of the molecule is CC1=CC(Nc2ccc(C(C)(C)C)cc2)=C(Cl)C(Cl)C1. The number of allylic oxidation sites excluding steroid dienone is 3. The zero-order valence-corrected chi connectivity index (χ0v) is 13.9. The van der Waals surface area contributed by atoms with Crippen molar-refractivity contribution in [3.05, 3.63) is 52.2 Å². The molecule has 0 heterocycles. The van der Waals surface area contributed by atoms with Crippen LogP contribution in [0.15, 0.2) is 46.6 Å². The molecular weight excluding hydrogens is 289 g/mol. The van der Waals surface area contributed by atoms with Crippen LogP contribution < -0.4 is 5.32 Å². The van der Waals surface area contributed by atoms with Crippen LogP contribution in [-0.2, 0) is 5.41 Å². The number of hydrogen-bond acceptors (Lipinski definition) is 1. The molecule has 1 aliphatic carbocycles. The van der Waals surface area contributed by atoms with Gasteiger partial charge in [-0.2, -0.15) is 0 Å². The first-order valence-electron chi connectivity index (χ1n) is 6.86. The van der Waals surface area contributed by atoms with Gasteiger partial charge in [0.25, 0.3) is 0 Å². The van der Waals surface area contributed by atoms with E-state index in [0.717, 1.165) is 17.8 Å². The molecule has 0 fully saturated rings. The van der Waals surface area contributed by atoms with Crippen LogP contribution >= 0.6 is 23.2 Å². The van der Waals surface area contributed by atoms with Crippen molar-refractivity contribution in [3.63, 3.8) is 0 Å². The fraction of sp³-hybridized carbons (Fsp3) is 0.412. The Kier molecular flexibility index (Phi) is 4.51. The summed E-state index contributed by atoms with van der Waals surface area (Å²) in [5.74, 6) is 0. The number of nitrogens with one attached hydrogen (secondary N) is 1. The molecule has 1 N–H and O–H groups in total. The predicted molar refractivity (Wildman–Crippen MR) is 89.7 cm³/mol. The molecule has 0 amide bonds. The number of alkyl halides is 1. The Morgan fingerprint density at radius 3 is 2.30 bits per heavy atom. The average molecular weight is 310 g/mol. The normalized spacial score (nSPS) is 19.9. The molecule has 1 unspecified atom stereocenters. The topological polar surface area (TPSA) is 12.0 Å². The number of benzene rings is 1. The zero-order chi connectivity index (χ0) is 14.9. The molecule has 1 nitrogen and oxygen atoms in total. The largest absolute Gasteiger partial charge is 0.355 e. The van der Waals surface area contributed by atoms with E-state index in [1.807, 2.05) is 0 Å². The molecule has 1 aromatic rings. The van der Waals surface area contributed by atoms with Crippen molar-refractivity contribution in [2.45, 2.75) is 44.9 Å². The highest BCUT2D eigenvalue weighted by Gasteiger charge is 2.19. The van der Waals surface area contributed by atoms with Gasteiger partial charge in [0.2, 0.25) is 0 Å². The fourth-order valence-corrected chi connectivity index (χ4v) is 2.76. The Morgan fingerprint density at radius 1 is 1.15 bits per heavy atom. The summed E-state index contributed by atoms with van der Waals surface area (Å²) in [6, 6.07) is 8.46. The van der Waals surface area contributed by atoms with Crippen LogP contribution in [0, 0.1) is 0 Å². The highest BCUT2D eigenvalue weighted by Crippen LogP contribution is 2.32. The summed E-state index contributed by atoms with van der Waals surface area (Å²) in [6.07, 6.45) is 2.88. The molecule has 20 heavy (non-hydrogen) atoms. The molecule has 108 valence electrons. The third-order valence-electron chi connectivity index (χ3n) is 3.45. The maximum Gasteiger partial charge on any atom is 0.0750 e. The van der Waals surface area contributed by atoms with Crippen LogP contribution in [0.1, 0.15) is 39.7 Å². The second-order valence-electron chi connectivity index (χ2n) is 6.38. The van der Waals surface area contributed by atoms with E-state index >= 15 is 0 Å². The molecule has 1 aromatic carbocycles. The third-order valence-corrected chi connectivity index (χ3v) is 4.41. The van der Waals surface area contributed by atoms with Crippen molar-refractivity contribution in [1.29, 1.82) is 0 Å². The Hall–Kier alpha value is -0.920. The molecule has 1 aliphatic rings. The molecule has 0 aromatic heterocycles. The van der Waals surface area contributed by atoms with Gasteiger partial charge in [-0.3, -0.25) is 0 Å². The summed E-state index contributed by atoms with van der Waals surface area (Å²) in [4.78, 5) is 0. The molecular formula is C17H21Cl2N. The van der Waals surface area contributed by atoms with Crippen LogP contribution in [0.25, 0.3) is 0 Å². The van der Waals surface area contributed by atoms with E-state index in [1.54, 1.807) is 0 Å². The number of rotatable bonds is 2. The van der Waals surface area contributed by atoms with E-state index in [2.05, 4.69) is 63.4 Å². The minimum Gasteiger partial charge on any atom is -0.355 e.